The number of benzene rings is 1. The molecule has 1 aliphatic heterocycles. The molecule has 0 spiro atoms. The van der Waals surface area contributed by atoms with E-state index in [-0.39, 0.29) is 12.4 Å². The van der Waals surface area contributed by atoms with Gasteiger partial charge >= 0.3 is 0 Å². The van der Waals surface area contributed by atoms with Crippen LogP contribution in [-0.4, -0.2) is 6.54 Å². The Morgan fingerprint density at radius 1 is 1.42 bits per heavy atom. The second kappa shape index (κ2) is 3.86. The van der Waals surface area contributed by atoms with Crippen LogP contribution >= 0.6 is 39.9 Å². The lowest BCUT2D eigenvalue weighted by Gasteiger charge is -2.03. The van der Waals surface area contributed by atoms with Gasteiger partial charge < -0.3 is 5.32 Å². The second-order valence-electron chi connectivity index (χ2n) is 2.56. The van der Waals surface area contributed by atoms with Gasteiger partial charge in [0.1, 0.15) is 0 Å². The molecule has 4 heteroatoms. The van der Waals surface area contributed by atoms with Crippen molar-refractivity contribution in [2.45, 2.75) is 6.42 Å². The van der Waals surface area contributed by atoms with Crippen LogP contribution in [0.4, 0.5) is 5.69 Å². The number of halogens is 3. The van der Waals surface area contributed by atoms with Gasteiger partial charge in [-0.2, -0.15) is 0 Å². The van der Waals surface area contributed by atoms with Crippen molar-refractivity contribution in [3.63, 3.8) is 0 Å². The van der Waals surface area contributed by atoms with Crippen molar-refractivity contribution in [3.05, 3.63) is 27.2 Å². The van der Waals surface area contributed by atoms with E-state index in [1.165, 1.54) is 5.56 Å². The smallest absolute Gasteiger partial charge is 0.0641 e. The minimum absolute atomic E-state index is 0. The lowest BCUT2D eigenvalue weighted by molar-refractivity contribution is 1.10. The molecule has 0 saturated carbocycles. The molecule has 0 aliphatic carbocycles. The third-order valence-electron chi connectivity index (χ3n) is 1.88. The molecule has 1 aromatic carbocycles. The topological polar surface area (TPSA) is 12.0 Å². The average Bonchev–Trinajstić information content (AvgIpc) is 2.45. The minimum Gasteiger partial charge on any atom is -0.383 e. The van der Waals surface area contributed by atoms with Crippen LogP contribution in [0.3, 0.4) is 0 Å². The van der Waals surface area contributed by atoms with Gasteiger partial charge in [0.25, 0.3) is 0 Å². The van der Waals surface area contributed by atoms with Gasteiger partial charge in [0.05, 0.1) is 10.7 Å². The highest BCUT2D eigenvalue weighted by molar-refractivity contribution is 9.10. The molecule has 0 amide bonds. The molecule has 12 heavy (non-hydrogen) atoms. The van der Waals surface area contributed by atoms with Gasteiger partial charge in [0.2, 0.25) is 0 Å². The summed E-state index contributed by atoms with van der Waals surface area (Å²) in [5.41, 5.74) is 2.40. The fourth-order valence-electron chi connectivity index (χ4n) is 1.34. The maximum Gasteiger partial charge on any atom is 0.0641 e. The molecule has 0 fully saturated rings. The van der Waals surface area contributed by atoms with Crippen LogP contribution < -0.4 is 5.32 Å². The largest absolute Gasteiger partial charge is 0.383 e. The molecule has 1 heterocycles. The Kier molecular flexibility index (Phi) is 3.27. The molecule has 66 valence electrons. The molecule has 0 saturated heterocycles. The number of hydrogen-bond acceptors (Lipinski definition) is 1. The van der Waals surface area contributed by atoms with Gasteiger partial charge in [0, 0.05) is 11.0 Å². The van der Waals surface area contributed by atoms with E-state index in [1.807, 2.05) is 12.1 Å². The van der Waals surface area contributed by atoms with E-state index < -0.39 is 0 Å². The summed E-state index contributed by atoms with van der Waals surface area (Å²) in [6, 6.07) is 3.90. The van der Waals surface area contributed by atoms with Crippen molar-refractivity contribution < 1.29 is 0 Å². The SMILES string of the molecule is Cl.Clc1ccc(Br)c2c1NCC2. The van der Waals surface area contributed by atoms with Gasteiger partial charge in [-0.25, -0.2) is 0 Å². The summed E-state index contributed by atoms with van der Waals surface area (Å²) in [6.07, 6.45) is 1.07. The minimum atomic E-state index is 0. The third-order valence-corrected chi connectivity index (χ3v) is 2.94. The standard InChI is InChI=1S/C8H7BrClN.ClH/c9-6-1-2-7(10)8-5(6)3-4-11-8;/h1-2,11H,3-4H2;1H. The second-order valence-corrected chi connectivity index (χ2v) is 3.82. The molecule has 0 atom stereocenters. The van der Waals surface area contributed by atoms with Crippen LogP contribution in [0, 0.1) is 0 Å². The van der Waals surface area contributed by atoms with Crippen LogP contribution in [0.15, 0.2) is 16.6 Å². The molecule has 0 aromatic heterocycles. The number of rotatable bonds is 0. The molecule has 1 nitrogen and oxygen atoms in total. The summed E-state index contributed by atoms with van der Waals surface area (Å²) in [5.74, 6) is 0. The first-order valence-corrected chi connectivity index (χ1v) is 4.67. The van der Waals surface area contributed by atoms with Gasteiger partial charge in [0.15, 0.2) is 0 Å². The Morgan fingerprint density at radius 3 is 2.83 bits per heavy atom. The zero-order valence-electron chi connectivity index (χ0n) is 6.23. The number of fused-ring (bicyclic) bond motifs is 1. The summed E-state index contributed by atoms with van der Waals surface area (Å²) in [4.78, 5) is 0. The Bertz CT molecular complexity index is 272. The van der Waals surface area contributed by atoms with Crippen molar-refractivity contribution in [1.82, 2.24) is 0 Å². The van der Waals surface area contributed by atoms with Crippen molar-refractivity contribution in [2.75, 3.05) is 11.9 Å². The summed E-state index contributed by atoms with van der Waals surface area (Å²) >= 11 is 9.44. The molecule has 0 bridgehead atoms. The first-order valence-electron chi connectivity index (χ1n) is 3.50. The van der Waals surface area contributed by atoms with Gasteiger partial charge in [-0.15, -0.1) is 12.4 Å². The van der Waals surface area contributed by atoms with Gasteiger partial charge in [-0.3, -0.25) is 0 Å². The zero-order valence-corrected chi connectivity index (χ0v) is 9.39. The third kappa shape index (κ3) is 1.56. The molecule has 0 unspecified atom stereocenters. The van der Waals surface area contributed by atoms with Gasteiger partial charge in [-0.1, -0.05) is 27.5 Å². The maximum atomic E-state index is 5.96. The molecular formula is C8H8BrCl2N. The predicted octanol–water partition coefficient (Wildman–Crippen LogP) is 3.49. The molecule has 1 aromatic rings. The number of nitrogens with one attached hydrogen (secondary N) is 1. The predicted molar refractivity (Wildman–Crippen MR) is 58.6 cm³/mol. The van der Waals surface area contributed by atoms with E-state index in [1.54, 1.807) is 0 Å². The van der Waals surface area contributed by atoms with Crippen LogP contribution in [0.25, 0.3) is 0 Å². The highest BCUT2D eigenvalue weighted by Gasteiger charge is 2.15. The summed E-state index contributed by atoms with van der Waals surface area (Å²) in [6.45, 7) is 0.998. The highest BCUT2D eigenvalue weighted by Crippen LogP contribution is 2.35. The quantitative estimate of drug-likeness (QED) is 0.760. The van der Waals surface area contributed by atoms with Crippen molar-refractivity contribution in [3.8, 4) is 0 Å². The maximum absolute atomic E-state index is 5.96. The van der Waals surface area contributed by atoms with E-state index >= 15 is 0 Å². The van der Waals surface area contributed by atoms with Gasteiger partial charge in [-0.05, 0) is 24.1 Å². The molecular weight excluding hydrogens is 261 g/mol. The number of anilines is 1. The Hall–Kier alpha value is 0.0800. The summed E-state index contributed by atoms with van der Waals surface area (Å²) in [7, 11) is 0. The van der Waals surface area contributed by atoms with Crippen molar-refractivity contribution in [1.29, 1.82) is 0 Å². The van der Waals surface area contributed by atoms with Crippen molar-refractivity contribution in [2.24, 2.45) is 0 Å². The van der Waals surface area contributed by atoms with Crippen LogP contribution in [-0.2, 0) is 6.42 Å². The van der Waals surface area contributed by atoms with Crippen LogP contribution in [0.2, 0.25) is 5.02 Å². The zero-order chi connectivity index (χ0) is 7.84. The fourth-order valence-corrected chi connectivity index (χ4v) is 2.11. The first kappa shape index (κ1) is 10.2. The normalized spacial score (nSPS) is 13.2. The fraction of sp³-hybridized carbons (Fsp3) is 0.250. The Labute approximate surface area is 91.0 Å². The van der Waals surface area contributed by atoms with E-state index in [4.69, 9.17) is 11.6 Å². The van der Waals surface area contributed by atoms with E-state index in [9.17, 15) is 0 Å². The van der Waals surface area contributed by atoms with Crippen molar-refractivity contribution >= 4 is 45.6 Å². The first-order chi connectivity index (χ1) is 5.29. The van der Waals surface area contributed by atoms with E-state index in [2.05, 4.69) is 21.2 Å². The highest BCUT2D eigenvalue weighted by atomic mass is 79.9. The summed E-state index contributed by atoms with van der Waals surface area (Å²) in [5, 5.41) is 4.07. The number of hydrogen-bond donors (Lipinski definition) is 1. The lowest BCUT2D eigenvalue weighted by atomic mass is 10.2. The van der Waals surface area contributed by atoms with Crippen LogP contribution in [0.1, 0.15) is 5.56 Å². The molecule has 1 aliphatic rings. The summed E-state index contributed by atoms with van der Waals surface area (Å²) < 4.78 is 1.15. The Balaban J connectivity index is 0.000000720. The molecule has 2 rings (SSSR count). The van der Waals surface area contributed by atoms with E-state index in [0.29, 0.717) is 0 Å². The van der Waals surface area contributed by atoms with E-state index in [0.717, 1.165) is 28.1 Å². The average molecular weight is 269 g/mol. The molecule has 1 N–H and O–H groups in total. The molecule has 0 radical (unpaired) electrons. The lowest BCUT2D eigenvalue weighted by Crippen LogP contribution is -1.91. The monoisotopic (exact) mass is 267 g/mol. The van der Waals surface area contributed by atoms with Crippen LogP contribution in [0.5, 0.6) is 0 Å². The Morgan fingerprint density at radius 2 is 2.17 bits per heavy atom.